The first-order valence-corrected chi connectivity index (χ1v) is 10.5. The summed E-state index contributed by atoms with van der Waals surface area (Å²) in [6.07, 6.45) is 1.75. The molecule has 1 aromatic carbocycles. The number of pyridine rings is 1. The number of anilines is 2. The SMILES string of the molecule is Cc1cccc(OC(=O)Nc2cc(OCCc3ccccn3)nc(N3CCOCC3)n2)c1. The van der Waals surface area contributed by atoms with Gasteiger partial charge < -0.3 is 19.1 Å². The summed E-state index contributed by atoms with van der Waals surface area (Å²) >= 11 is 0. The number of aromatic nitrogens is 3. The zero-order valence-corrected chi connectivity index (χ0v) is 17.9. The van der Waals surface area contributed by atoms with Crippen molar-refractivity contribution >= 4 is 17.9 Å². The van der Waals surface area contributed by atoms with Gasteiger partial charge in [0.1, 0.15) is 11.6 Å². The Kier molecular flexibility index (Phi) is 7.08. The molecule has 1 aliphatic rings. The predicted molar refractivity (Wildman–Crippen MR) is 119 cm³/mol. The molecule has 32 heavy (non-hydrogen) atoms. The molecule has 1 saturated heterocycles. The van der Waals surface area contributed by atoms with Crippen molar-refractivity contribution in [3.05, 3.63) is 66.0 Å². The number of rotatable bonds is 7. The van der Waals surface area contributed by atoms with Crippen LogP contribution in [0.15, 0.2) is 54.7 Å². The summed E-state index contributed by atoms with van der Waals surface area (Å²) in [5, 5.41) is 2.68. The Balaban J connectivity index is 1.46. The number of morpholine rings is 1. The first-order chi connectivity index (χ1) is 15.7. The average Bonchev–Trinajstić information content (AvgIpc) is 2.80. The summed E-state index contributed by atoms with van der Waals surface area (Å²) in [5.74, 6) is 1.58. The van der Waals surface area contributed by atoms with E-state index in [1.807, 2.05) is 42.2 Å². The molecule has 3 aromatic rings. The van der Waals surface area contributed by atoms with E-state index in [2.05, 4.69) is 20.3 Å². The molecule has 0 unspecified atom stereocenters. The number of hydrogen-bond donors (Lipinski definition) is 1. The Labute approximate surface area is 186 Å². The van der Waals surface area contributed by atoms with Gasteiger partial charge in [-0.1, -0.05) is 18.2 Å². The molecule has 0 atom stereocenters. The largest absolute Gasteiger partial charge is 0.477 e. The molecule has 1 fully saturated rings. The molecule has 0 saturated carbocycles. The molecule has 166 valence electrons. The molecule has 9 nitrogen and oxygen atoms in total. The van der Waals surface area contributed by atoms with Crippen molar-refractivity contribution in [3.63, 3.8) is 0 Å². The Morgan fingerprint density at radius 1 is 1.12 bits per heavy atom. The lowest BCUT2D eigenvalue weighted by Crippen LogP contribution is -2.37. The van der Waals surface area contributed by atoms with E-state index < -0.39 is 6.09 Å². The van der Waals surface area contributed by atoms with Crippen LogP contribution in [0.2, 0.25) is 0 Å². The van der Waals surface area contributed by atoms with Crippen LogP contribution < -0.4 is 19.7 Å². The molecular weight excluding hydrogens is 410 g/mol. The fourth-order valence-corrected chi connectivity index (χ4v) is 3.18. The second-order valence-corrected chi connectivity index (χ2v) is 7.24. The molecule has 0 bridgehead atoms. The lowest BCUT2D eigenvalue weighted by atomic mass is 10.2. The topological polar surface area (TPSA) is 98.7 Å². The van der Waals surface area contributed by atoms with Gasteiger partial charge in [-0.05, 0) is 36.8 Å². The highest BCUT2D eigenvalue weighted by Crippen LogP contribution is 2.21. The lowest BCUT2D eigenvalue weighted by Gasteiger charge is -2.27. The zero-order chi connectivity index (χ0) is 22.2. The number of carbonyl (C=O) groups is 1. The first-order valence-electron chi connectivity index (χ1n) is 10.5. The minimum Gasteiger partial charge on any atom is -0.477 e. The number of amides is 1. The van der Waals surface area contributed by atoms with Gasteiger partial charge in [-0.3, -0.25) is 10.3 Å². The summed E-state index contributed by atoms with van der Waals surface area (Å²) < 4.78 is 16.6. The molecule has 2 aromatic heterocycles. The first kappa shape index (κ1) is 21.5. The van der Waals surface area contributed by atoms with Gasteiger partial charge in [0.25, 0.3) is 0 Å². The molecular formula is C23H25N5O4. The van der Waals surface area contributed by atoms with Gasteiger partial charge in [0.2, 0.25) is 11.8 Å². The number of nitrogens with one attached hydrogen (secondary N) is 1. The maximum atomic E-state index is 12.4. The highest BCUT2D eigenvalue weighted by molar-refractivity contribution is 5.85. The van der Waals surface area contributed by atoms with E-state index in [0.29, 0.717) is 62.7 Å². The van der Waals surface area contributed by atoms with Crippen LogP contribution in [0.4, 0.5) is 16.6 Å². The van der Waals surface area contributed by atoms with E-state index >= 15 is 0 Å². The van der Waals surface area contributed by atoms with Gasteiger partial charge in [0.05, 0.1) is 19.8 Å². The molecule has 0 aliphatic carbocycles. The van der Waals surface area contributed by atoms with Crippen molar-refractivity contribution < 1.29 is 19.0 Å². The van der Waals surface area contributed by atoms with Crippen molar-refractivity contribution in [2.45, 2.75) is 13.3 Å². The highest BCUT2D eigenvalue weighted by atomic mass is 16.6. The van der Waals surface area contributed by atoms with Crippen molar-refractivity contribution in [3.8, 4) is 11.6 Å². The number of benzene rings is 1. The van der Waals surface area contributed by atoms with Gasteiger partial charge in [0, 0.05) is 37.5 Å². The minimum absolute atomic E-state index is 0.298. The number of nitrogens with zero attached hydrogens (tertiary/aromatic N) is 4. The highest BCUT2D eigenvalue weighted by Gasteiger charge is 2.17. The number of carbonyl (C=O) groups excluding carboxylic acids is 1. The second kappa shape index (κ2) is 10.5. The Morgan fingerprint density at radius 2 is 2.00 bits per heavy atom. The number of hydrogen-bond acceptors (Lipinski definition) is 8. The molecule has 1 amide bonds. The molecule has 1 N–H and O–H groups in total. The standard InChI is InChI=1S/C23H25N5O4/c1-17-5-4-7-19(15-17)32-23(29)26-20-16-21(31-12-8-18-6-2-3-9-24-18)27-22(25-20)28-10-13-30-14-11-28/h2-7,9,15-16H,8,10-14H2,1H3,(H,25,26,27,29). The molecule has 0 radical (unpaired) electrons. The Morgan fingerprint density at radius 3 is 2.78 bits per heavy atom. The van der Waals surface area contributed by atoms with Gasteiger partial charge in [0.15, 0.2) is 0 Å². The van der Waals surface area contributed by atoms with Crippen LogP contribution in [0.25, 0.3) is 0 Å². The lowest BCUT2D eigenvalue weighted by molar-refractivity contribution is 0.122. The summed E-state index contributed by atoms with van der Waals surface area (Å²) in [6.45, 7) is 4.82. The van der Waals surface area contributed by atoms with E-state index in [9.17, 15) is 4.79 Å². The van der Waals surface area contributed by atoms with E-state index in [1.165, 1.54) is 0 Å². The van der Waals surface area contributed by atoms with E-state index in [4.69, 9.17) is 14.2 Å². The molecule has 3 heterocycles. The van der Waals surface area contributed by atoms with Gasteiger partial charge >= 0.3 is 6.09 Å². The molecule has 4 rings (SSSR count). The average molecular weight is 435 g/mol. The van der Waals surface area contributed by atoms with Crippen molar-refractivity contribution in [2.75, 3.05) is 43.1 Å². The maximum Gasteiger partial charge on any atom is 0.418 e. The van der Waals surface area contributed by atoms with E-state index in [1.54, 1.807) is 24.4 Å². The Bertz CT molecular complexity index is 1040. The van der Waals surface area contributed by atoms with Crippen LogP contribution in [0.1, 0.15) is 11.3 Å². The van der Waals surface area contributed by atoms with Crippen molar-refractivity contribution in [2.24, 2.45) is 0 Å². The van der Waals surface area contributed by atoms with Gasteiger partial charge in [-0.25, -0.2) is 4.79 Å². The van der Waals surface area contributed by atoms with Crippen LogP contribution in [0, 0.1) is 6.92 Å². The third-order valence-electron chi connectivity index (χ3n) is 4.75. The summed E-state index contributed by atoms with van der Waals surface area (Å²) in [7, 11) is 0. The summed E-state index contributed by atoms with van der Waals surface area (Å²) in [6, 6.07) is 14.6. The molecule has 9 heteroatoms. The smallest absolute Gasteiger partial charge is 0.418 e. The quantitative estimate of drug-likeness (QED) is 0.604. The fraction of sp³-hybridized carbons (Fsp3) is 0.304. The van der Waals surface area contributed by atoms with Crippen molar-refractivity contribution in [1.82, 2.24) is 15.0 Å². The van der Waals surface area contributed by atoms with Crippen molar-refractivity contribution in [1.29, 1.82) is 0 Å². The summed E-state index contributed by atoms with van der Waals surface area (Å²) in [4.78, 5) is 27.7. The van der Waals surface area contributed by atoms with Gasteiger partial charge in [-0.2, -0.15) is 9.97 Å². The van der Waals surface area contributed by atoms with Crippen LogP contribution in [0.5, 0.6) is 11.6 Å². The van der Waals surface area contributed by atoms with Crippen LogP contribution in [0.3, 0.4) is 0 Å². The van der Waals surface area contributed by atoms with Crippen LogP contribution >= 0.6 is 0 Å². The normalized spacial score (nSPS) is 13.5. The second-order valence-electron chi connectivity index (χ2n) is 7.24. The molecule has 1 aliphatic heterocycles. The molecule has 0 spiro atoms. The van der Waals surface area contributed by atoms with Crippen LogP contribution in [-0.2, 0) is 11.2 Å². The maximum absolute atomic E-state index is 12.4. The van der Waals surface area contributed by atoms with Gasteiger partial charge in [-0.15, -0.1) is 0 Å². The fourth-order valence-electron chi connectivity index (χ4n) is 3.18. The third kappa shape index (κ3) is 6.14. The predicted octanol–water partition coefficient (Wildman–Crippen LogP) is 3.25. The van der Waals surface area contributed by atoms with E-state index in [0.717, 1.165) is 11.3 Å². The minimum atomic E-state index is -0.637. The monoisotopic (exact) mass is 435 g/mol. The van der Waals surface area contributed by atoms with E-state index in [-0.39, 0.29) is 0 Å². The number of ether oxygens (including phenoxy) is 3. The van der Waals surface area contributed by atoms with Crippen LogP contribution in [-0.4, -0.2) is 54.0 Å². The third-order valence-corrected chi connectivity index (χ3v) is 4.75. The summed E-state index contributed by atoms with van der Waals surface area (Å²) in [5.41, 5.74) is 1.92. The zero-order valence-electron chi connectivity index (χ0n) is 17.9. The number of aryl methyl sites for hydroxylation is 1. The Hall–Kier alpha value is -3.72.